The lowest BCUT2D eigenvalue weighted by molar-refractivity contribution is 0.239. The molecule has 1 nitrogen and oxygen atoms in total. The van der Waals surface area contributed by atoms with E-state index in [0.29, 0.717) is 5.41 Å². The lowest BCUT2D eigenvalue weighted by atomic mass is 9.64. The van der Waals surface area contributed by atoms with E-state index >= 15 is 0 Å². The molecule has 0 heterocycles. The maximum absolute atomic E-state index is 3.36. The Morgan fingerprint density at radius 1 is 0.895 bits per heavy atom. The Bertz CT molecular complexity index is 523. The molecule has 19 heavy (non-hydrogen) atoms. The second kappa shape index (κ2) is 5.18. The maximum atomic E-state index is 3.36. The van der Waals surface area contributed by atoms with Gasteiger partial charge in [0.05, 0.1) is 0 Å². The summed E-state index contributed by atoms with van der Waals surface area (Å²) >= 11 is 0. The van der Waals surface area contributed by atoms with Gasteiger partial charge in [-0.15, -0.1) is 0 Å². The molecule has 1 N–H and O–H groups in total. The van der Waals surface area contributed by atoms with Crippen LogP contribution in [0, 0.1) is 0 Å². The van der Waals surface area contributed by atoms with Crippen LogP contribution in [0.5, 0.6) is 0 Å². The van der Waals surface area contributed by atoms with Crippen LogP contribution in [0.3, 0.4) is 0 Å². The van der Waals surface area contributed by atoms with Crippen LogP contribution >= 0.6 is 0 Å². The Kier molecular flexibility index (Phi) is 3.39. The first-order valence-corrected chi connectivity index (χ1v) is 7.15. The normalized spacial score (nSPS) is 16.9. The number of hydrogen-bond donors (Lipinski definition) is 1. The lowest BCUT2D eigenvalue weighted by Crippen LogP contribution is -2.42. The van der Waals surface area contributed by atoms with Crippen molar-refractivity contribution in [1.29, 1.82) is 0 Å². The van der Waals surface area contributed by atoms with Crippen molar-refractivity contribution in [1.82, 2.24) is 5.32 Å². The van der Waals surface area contributed by atoms with Gasteiger partial charge >= 0.3 is 0 Å². The summed E-state index contributed by atoms with van der Waals surface area (Å²) in [6.07, 6.45) is 4.00. The molecule has 2 aromatic rings. The second-order valence-corrected chi connectivity index (χ2v) is 5.61. The molecule has 0 unspecified atom stereocenters. The molecular formula is C18H21N. The molecule has 1 heteroatoms. The van der Waals surface area contributed by atoms with Gasteiger partial charge in [-0.05, 0) is 36.6 Å². The van der Waals surface area contributed by atoms with Crippen LogP contribution < -0.4 is 5.32 Å². The Morgan fingerprint density at radius 2 is 1.53 bits per heavy atom. The first-order chi connectivity index (χ1) is 9.34. The summed E-state index contributed by atoms with van der Waals surface area (Å²) in [6, 6.07) is 19.8. The average molecular weight is 251 g/mol. The smallest absolute Gasteiger partial charge is 0.00776 e. The molecule has 0 spiro atoms. The molecule has 2 aromatic carbocycles. The molecule has 1 aliphatic carbocycles. The second-order valence-electron chi connectivity index (χ2n) is 5.61. The summed E-state index contributed by atoms with van der Waals surface area (Å²) in [5.41, 5.74) is 4.49. The van der Waals surface area contributed by atoms with Crippen LogP contribution in [0.1, 0.15) is 24.8 Å². The molecule has 1 aliphatic rings. The first kappa shape index (κ1) is 12.4. The SMILES string of the molecule is CNCC1(c2ccc(-c3ccccc3)cc2)CCC1. The zero-order valence-corrected chi connectivity index (χ0v) is 11.5. The predicted molar refractivity (Wildman–Crippen MR) is 81.3 cm³/mol. The highest BCUT2D eigenvalue weighted by atomic mass is 14.8. The average Bonchev–Trinajstić information content (AvgIpc) is 2.44. The molecule has 1 fully saturated rings. The maximum Gasteiger partial charge on any atom is 0.00776 e. The Labute approximate surface area is 115 Å². The largest absolute Gasteiger partial charge is 0.319 e. The van der Waals surface area contributed by atoms with E-state index in [1.54, 1.807) is 0 Å². The summed E-state index contributed by atoms with van der Waals surface area (Å²) < 4.78 is 0. The summed E-state index contributed by atoms with van der Waals surface area (Å²) in [4.78, 5) is 0. The number of likely N-dealkylation sites (N-methyl/N-ethyl adjacent to an activating group) is 1. The molecule has 0 saturated heterocycles. The van der Waals surface area contributed by atoms with Crippen LogP contribution in [-0.4, -0.2) is 13.6 Å². The van der Waals surface area contributed by atoms with Crippen molar-refractivity contribution in [2.75, 3.05) is 13.6 Å². The highest BCUT2D eigenvalue weighted by Gasteiger charge is 2.37. The van der Waals surface area contributed by atoms with Crippen LogP contribution in [-0.2, 0) is 5.41 Å². The summed E-state index contributed by atoms with van der Waals surface area (Å²) in [5.74, 6) is 0. The number of hydrogen-bond acceptors (Lipinski definition) is 1. The highest BCUT2D eigenvalue weighted by Crippen LogP contribution is 2.43. The van der Waals surface area contributed by atoms with E-state index in [0.717, 1.165) is 6.54 Å². The number of benzene rings is 2. The van der Waals surface area contributed by atoms with E-state index in [9.17, 15) is 0 Å². The van der Waals surface area contributed by atoms with Crippen molar-refractivity contribution in [2.24, 2.45) is 0 Å². The van der Waals surface area contributed by atoms with E-state index in [2.05, 4.69) is 67.0 Å². The molecule has 0 radical (unpaired) electrons. The standard InChI is InChI=1S/C18H21N/c1-19-14-18(12-5-13-18)17-10-8-16(9-11-17)15-6-3-2-4-7-15/h2-4,6-11,19H,5,12-14H2,1H3. The van der Waals surface area contributed by atoms with Crippen molar-refractivity contribution in [3.63, 3.8) is 0 Å². The van der Waals surface area contributed by atoms with Crippen molar-refractivity contribution < 1.29 is 0 Å². The molecule has 0 aromatic heterocycles. The third-order valence-electron chi connectivity index (χ3n) is 4.43. The molecule has 98 valence electrons. The minimum absolute atomic E-state index is 0.393. The van der Waals surface area contributed by atoms with E-state index in [-0.39, 0.29) is 0 Å². The highest BCUT2D eigenvalue weighted by molar-refractivity contribution is 5.63. The Hall–Kier alpha value is -1.60. The predicted octanol–water partition coefficient (Wildman–Crippen LogP) is 3.99. The summed E-state index contributed by atoms with van der Waals surface area (Å²) in [7, 11) is 2.05. The van der Waals surface area contributed by atoms with E-state index in [1.165, 1.54) is 36.0 Å². The van der Waals surface area contributed by atoms with Crippen molar-refractivity contribution in [2.45, 2.75) is 24.7 Å². The Morgan fingerprint density at radius 3 is 2.05 bits per heavy atom. The fourth-order valence-electron chi connectivity index (χ4n) is 3.16. The molecule has 0 atom stereocenters. The van der Waals surface area contributed by atoms with Gasteiger partial charge in [0.2, 0.25) is 0 Å². The third-order valence-corrected chi connectivity index (χ3v) is 4.43. The fourth-order valence-corrected chi connectivity index (χ4v) is 3.16. The minimum Gasteiger partial charge on any atom is -0.319 e. The van der Waals surface area contributed by atoms with Crippen LogP contribution in [0.25, 0.3) is 11.1 Å². The fraction of sp³-hybridized carbons (Fsp3) is 0.333. The topological polar surface area (TPSA) is 12.0 Å². The van der Waals surface area contributed by atoms with Crippen molar-refractivity contribution >= 4 is 0 Å². The van der Waals surface area contributed by atoms with Crippen LogP contribution in [0.4, 0.5) is 0 Å². The van der Waals surface area contributed by atoms with Crippen LogP contribution in [0.15, 0.2) is 54.6 Å². The minimum atomic E-state index is 0.393. The molecule has 0 bridgehead atoms. The Balaban J connectivity index is 1.87. The molecule has 3 rings (SSSR count). The molecular weight excluding hydrogens is 230 g/mol. The number of rotatable bonds is 4. The van der Waals surface area contributed by atoms with Gasteiger partial charge in [0.25, 0.3) is 0 Å². The quantitative estimate of drug-likeness (QED) is 0.866. The first-order valence-electron chi connectivity index (χ1n) is 7.15. The van der Waals surface area contributed by atoms with Gasteiger partial charge in [0.15, 0.2) is 0 Å². The molecule has 0 amide bonds. The molecule has 0 aliphatic heterocycles. The molecule has 1 saturated carbocycles. The van der Waals surface area contributed by atoms with Crippen molar-refractivity contribution in [3.8, 4) is 11.1 Å². The van der Waals surface area contributed by atoms with E-state index in [1.807, 2.05) is 0 Å². The van der Waals surface area contributed by atoms with E-state index < -0.39 is 0 Å². The van der Waals surface area contributed by atoms with Gasteiger partial charge < -0.3 is 5.32 Å². The van der Waals surface area contributed by atoms with E-state index in [4.69, 9.17) is 0 Å². The monoisotopic (exact) mass is 251 g/mol. The zero-order valence-electron chi connectivity index (χ0n) is 11.5. The van der Waals surface area contributed by atoms with Gasteiger partial charge in [0.1, 0.15) is 0 Å². The summed E-state index contributed by atoms with van der Waals surface area (Å²) in [5, 5.41) is 3.36. The summed E-state index contributed by atoms with van der Waals surface area (Å²) in [6.45, 7) is 1.09. The van der Waals surface area contributed by atoms with Gasteiger partial charge in [-0.25, -0.2) is 0 Å². The third kappa shape index (κ3) is 2.31. The van der Waals surface area contributed by atoms with Crippen molar-refractivity contribution in [3.05, 3.63) is 60.2 Å². The number of nitrogens with one attached hydrogen (secondary N) is 1. The van der Waals surface area contributed by atoms with Gasteiger partial charge in [-0.2, -0.15) is 0 Å². The van der Waals surface area contributed by atoms with Gasteiger partial charge in [-0.1, -0.05) is 61.0 Å². The lowest BCUT2D eigenvalue weighted by Gasteiger charge is -2.42. The van der Waals surface area contributed by atoms with Crippen LogP contribution in [0.2, 0.25) is 0 Å². The zero-order chi connectivity index (χ0) is 13.1. The van der Waals surface area contributed by atoms with Gasteiger partial charge in [0, 0.05) is 12.0 Å². The van der Waals surface area contributed by atoms with Gasteiger partial charge in [-0.3, -0.25) is 0 Å².